The molecule has 0 radical (unpaired) electrons. The van der Waals surface area contributed by atoms with E-state index in [2.05, 4.69) is 10.6 Å². The number of nitrogens with zero attached hydrogens (tertiary/aromatic N) is 2. The van der Waals surface area contributed by atoms with Crippen LogP contribution in [-0.2, 0) is 0 Å². The van der Waals surface area contributed by atoms with E-state index in [4.69, 9.17) is 0 Å². The molecule has 1 aromatic rings. The molecule has 2 N–H and O–H groups in total. The lowest BCUT2D eigenvalue weighted by Crippen LogP contribution is -2.57. The highest BCUT2D eigenvalue weighted by Crippen LogP contribution is 2.25. The number of benzene rings is 1. The molecule has 1 atom stereocenters. The molecular formula is C15H19F3N4O3. The Morgan fingerprint density at radius 2 is 2.00 bits per heavy atom. The van der Waals surface area contributed by atoms with E-state index in [9.17, 15) is 28.1 Å². The molecule has 1 amide bonds. The zero-order valence-corrected chi connectivity index (χ0v) is 13.6. The van der Waals surface area contributed by atoms with Crippen molar-refractivity contribution in [1.29, 1.82) is 0 Å². The summed E-state index contributed by atoms with van der Waals surface area (Å²) in [5.74, 6) is -0.767. The monoisotopic (exact) mass is 360 g/mol. The lowest BCUT2D eigenvalue weighted by molar-refractivity contribution is -0.384. The van der Waals surface area contributed by atoms with Crippen molar-refractivity contribution in [3.63, 3.8) is 0 Å². The molecule has 7 nitrogen and oxygen atoms in total. The van der Waals surface area contributed by atoms with Gasteiger partial charge in [0.15, 0.2) is 0 Å². The van der Waals surface area contributed by atoms with Crippen molar-refractivity contribution in [1.82, 2.24) is 15.5 Å². The normalized spacial score (nSPS) is 17.1. The number of amides is 1. The minimum absolute atomic E-state index is 0.0343. The largest absolute Gasteiger partial charge is 0.405 e. The van der Waals surface area contributed by atoms with E-state index in [-0.39, 0.29) is 24.3 Å². The summed E-state index contributed by atoms with van der Waals surface area (Å²) in [6.45, 7) is 2.33. The van der Waals surface area contributed by atoms with E-state index in [0.29, 0.717) is 18.7 Å². The summed E-state index contributed by atoms with van der Waals surface area (Å²) in [6.07, 6.45) is -4.48. The summed E-state index contributed by atoms with van der Waals surface area (Å²) in [5.41, 5.74) is 0.168. The van der Waals surface area contributed by atoms with E-state index in [0.717, 1.165) is 6.07 Å². The molecule has 1 aromatic carbocycles. The summed E-state index contributed by atoms with van der Waals surface area (Å²) >= 11 is 0. The number of hydrogen-bond donors (Lipinski definition) is 2. The summed E-state index contributed by atoms with van der Waals surface area (Å²) in [7, 11) is 0. The lowest BCUT2D eigenvalue weighted by Gasteiger charge is -2.35. The molecule has 1 fully saturated rings. The number of aryl methyl sites for hydroxylation is 1. The number of carbonyl (C=O) groups excluding carboxylic acids is 1. The van der Waals surface area contributed by atoms with Crippen molar-refractivity contribution < 1.29 is 22.9 Å². The van der Waals surface area contributed by atoms with Gasteiger partial charge < -0.3 is 10.6 Å². The Kier molecular flexibility index (Phi) is 5.96. The maximum absolute atomic E-state index is 13.3. The van der Waals surface area contributed by atoms with E-state index in [1.54, 1.807) is 6.92 Å². The molecule has 1 saturated heterocycles. The third kappa shape index (κ3) is 5.13. The number of nitro benzene ring substituents is 1. The number of non-ortho nitro benzene ring substituents is 1. The summed E-state index contributed by atoms with van der Waals surface area (Å²) in [6, 6.07) is 1.94. The van der Waals surface area contributed by atoms with E-state index >= 15 is 0 Å². The summed E-state index contributed by atoms with van der Waals surface area (Å²) in [5, 5.41) is 16.1. The van der Waals surface area contributed by atoms with Gasteiger partial charge in [-0.25, -0.2) is 0 Å². The van der Waals surface area contributed by atoms with Crippen LogP contribution in [0.4, 0.5) is 18.9 Å². The number of piperazine rings is 1. The molecule has 0 aliphatic carbocycles. The number of nitrogens with one attached hydrogen (secondary N) is 2. The van der Waals surface area contributed by atoms with Crippen LogP contribution in [0.2, 0.25) is 0 Å². The van der Waals surface area contributed by atoms with Crippen molar-refractivity contribution in [3.05, 3.63) is 39.4 Å². The van der Waals surface area contributed by atoms with Crippen molar-refractivity contribution in [2.24, 2.45) is 0 Å². The first-order chi connectivity index (χ1) is 11.7. The standard InChI is InChI=1S/C15H19F3N4O3/c1-10-6-11(8-12(7-10)22(24)25)14(23)20-9-13(15(16,17)18)21-4-2-19-3-5-21/h6-8,13,19H,2-5,9H2,1H3,(H,20,23). The smallest absolute Gasteiger partial charge is 0.350 e. The van der Waals surface area contributed by atoms with Crippen LogP contribution in [0.3, 0.4) is 0 Å². The van der Waals surface area contributed by atoms with Crippen LogP contribution in [0.15, 0.2) is 18.2 Å². The predicted octanol–water partition coefficient (Wildman–Crippen LogP) is 1.47. The highest BCUT2D eigenvalue weighted by atomic mass is 19.4. The number of hydrogen-bond acceptors (Lipinski definition) is 5. The van der Waals surface area contributed by atoms with Gasteiger partial charge in [0.25, 0.3) is 11.6 Å². The van der Waals surface area contributed by atoms with Crippen LogP contribution in [0.25, 0.3) is 0 Å². The number of carbonyl (C=O) groups is 1. The van der Waals surface area contributed by atoms with Crippen LogP contribution in [0.1, 0.15) is 15.9 Å². The second kappa shape index (κ2) is 7.79. The minimum atomic E-state index is -4.48. The van der Waals surface area contributed by atoms with E-state index in [1.807, 2.05) is 0 Å². The molecule has 25 heavy (non-hydrogen) atoms. The molecular weight excluding hydrogens is 341 g/mol. The average molecular weight is 360 g/mol. The quantitative estimate of drug-likeness (QED) is 0.613. The first kappa shape index (κ1) is 19.1. The van der Waals surface area contributed by atoms with Crippen LogP contribution in [0.5, 0.6) is 0 Å². The Bertz CT molecular complexity index is 645. The van der Waals surface area contributed by atoms with Crippen LogP contribution in [-0.4, -0.2) is 60.7 Å². The Balaban J connectivity index is 2.09. The van der Waals surface area contributed by atoms with Gasteiger partial charge in [0.05, 0.1) is 4.92 Å². The molecule has 10 heteroatoms. The van der Waals surface area contributed by atoms with Crippen molar-refractivity contribution in [3.8, 4) is 0 Å². The zero-order chi connectivity index (χ0) is 18.6. The van der Waals surface area contributed by atoms with Gasteiger partial charge in [0.2, 0.25) is 0 Å². The van der Waals surface area contributed by atoms with Gasteiger partial charge in [-0.05, 0) is 18.6 Å². The number of alkyl halides is 3. The molecule has 2 rings (SSSR count). The van der Waals surface area contributed by atoms with Gasteiger partial charge in [0.1, 0.15) is 6.04 Å². The molecule has 1 unspecified atom stereocenters. The molecule has 1 heterocycles. The molecule has 0 spiro atoms. The SMILES string of the molecule is Cc1cc(C(=O)NCC(N2CCNCC2)C(F)(F)F)cc([N+](=O)[O-])c1. The molecule has 0 saturated carbocycles. The fourth-order valence-electron chi connectivity index (χ4n) is 2.74. The van der Waals surface area contributed by atoms with Gasteiger partial charge in [-0.1, -0.05) is 0 Å². The first-order valence-electron chi connectivity index (χ1n) is 7.74. The third-order valence-electron chi connectivity index (χ3n) is 3.96. The fraction of sp³-hybridized carbons (Fsp3) is 0.533. The lowest BCUT2D eigenvalue weighted by atomic mass is 10.1. The molecule has 1 aliphatic heterocycles. The van der Waals surface area contributed by atoms with Gasteiger partial charge in [-0.2, -0.15) is 13.2 Å². The Morgan fingerprint density at radius 1 is 1.36 bits per heavy atom. The first-order valence-corrected chi connectivity index (χ1v) is 7.74. The highest BCUT2D eigenvalue weighted by Gasteiger charge is 2.43. The minimum Gasteiger partial charge on any atom is -0.350 e. The summed E-state index contributed by atoms with van der Waals surface area (Å²) < 4.78 is 39.9. The number of rotatable bonds is 5. The Hall–Kier alpha value is -2.20. The molecule has 138 valence electrons. The third-order valence-corrected chi connectivity index (χ3v) is 3.96. The second-order valence-electron chi connectivity index (χ2n) is 5.87. The zero-order valence-electron chi connectivity index (χ0n) is 13.6. The molecule has 0 aromatic heterocycles. The average Bonchev–Trinajstić information content (AvgIpc) is 2.54. The van der Waals surface area contributed by atoms with Gasteiger partial charge in [-0.15, -0.1) is 0 Å². The maximum Gasteiger partial charge on any atom is 0.405 e. The van der Waals surface area contributed by atoms with Crippen molar-refractivity contribution >= 4 is 11.6 Å². The topological polar surface area (TPSA) is 87.5 Å². The van der Waals surface area contributed by atoms with E-state index in [1.165, 1.54) is 17.0 Å². The van der Waals surface area contributed by atoms with Gasteiger partial charge in [0, 0.05) is 50.4 Å². The summed E-state index contributed by atoms with van der Waals surface area (Å²) in [4.78, 5) is 23.6. The number of nitro groups is 1. The maximum atomic E-state index is 13.3. The van der Waals surface area contributed by atoms with Gasteiger partial charge >= 0.3 is 6.18 Å². The Morgan fingerprint density at radius 3 is 2.56 bits per heavy atom. The van der Waals surface area contributed by atoms with Crippen LogP contribution >= 0.6 is 0 Å². The van der Waals surface area contributed by atoms with Gasteiger partial charge in [-0.3, -0.25) is 19.8 Å². The van der Waals surface area contributed by atoms with Crippen LogP contribution < -0.4 is 10.6 Å². The number of halogens is 3. The predicted molar refractivity (Wildman–Crippen MR) is 84.5 cm³/mol. The fourth-order valence-corrected chi connectivity index (χ4v) is 2.74. The van der Waals surface area contributed by atoms with Crippen molar-refractivity contribution in [2.75, 3.05) is 32.7 Å². The van der Waals surface area contributed by atoms with E-state index < -0.39 is 29.6 Å². The molecule has 0 bridgehead atoms. The van der Waals surface area contributed by atoms with Crippen molar-refractivity contribution in [2.45, 2.75) is 19.1 Å². The molecule has 1 aliphatic rings. The van der Waals surface area contributed by atoms with Crippen LogP contribution in [0, 0.1) is 17.0 Å². The highest BCUT2D eigenvalue weighted by molar-refractivity contribution is 5.95. The second-order valence-corrected chi connectivity index (χ2v) is 5.87. The Labute approximate surface area is 142 Å².